The molecule has 6 heteroatoms. The van der Waals surface area contributed by atoms with E-state index in [4.69, 9.17) is 32.6 Å². The van der Waals surface area contributed by atoms with E-state index in [1.54, 1.807) is 0 Å². The van der Waals surface area contributed by atoms with Crippen LogP contribution in [-0.4, -0.2) is 29.9 Å². The summed E-state index contributed by atoms with van der Waals surface area (Å²) >= 11 is 0. The molecule has 68 heavy (non-hydrogen) atoms. The molecule has 3 aliphatic carbocycles. The summed E-state index contributed by atoms with van der Waals surface area (Å²) in [6, 6.07) is 55.9. The van der Waals surface area contributed by atoms with Crippen LogP contribution in [0.2, 0.25) is 0 Å². The maximum Gasteiger partial charge on any atom is 0.164 e. The van der Waals surface area contributed by atoms with Crippen LogP contribution in [0.4, 0.5) is 0 Å². The molecule has 2 aromatic heterocycles. The highest BCUT2D eigenvalue weighted by atomic mass is 15.0. The van der Waals surface area contributed by atoms with E-state index in [2.05, 4.69) is 0 Å². The molecule has 0 saturated carbocycles. The second-order valence-corrected chi connectivity index (χ2v) is 16.7. The summed E-state index contributed by atoms with van der Waals surface area (Å²) in [5, 5.41) is 0. The maximum atomic E-state index is 10.2. The van der Waals surface area contributed by atoms with Crippen molar-refractivity contribution >= 4 is 0 Å². The van der Waals surface area contributed by atoms with Crippen LogP contribution in [0.1, 0.15) is 56.2 Å². The van der Waals surface area contributed by atoms with Gasteiger partial charge in [-0.2, -0.15) is 0 Å². The van der Waals surface area contributed by atoms with E-state index < -0.39 is 23.9 Å². The van der Waals surface area contributed by atoms with Gasteiger partial charge in [0, 0.05) is 45.2 Å². The summed E-state index contributed by atoms with van der Waals surface area (Å²) in [4.78, 5) is 29.7. The fourth-order valence-electron chi connectivity index (χ4n) is 9.35. The Morgan fingerprint density at radius 1 is 0.235 bits per heavy atom. The topological polar surface area (TPSA) is 77.3 Å². The Morgan fingerprint density at radius 3 is 0.824 bits per heavy atom. The Morgan fingerprint density at radius 2 is 0.485 bits per heavy atom. The van der Waals surface area contributed by atoms with Crippen LogP contribution >= 0.6 is 0 Å². The van der Waals surface area contributed by atoms with Gasteiger partial charge in [-0.25, -0.2) is 29.9 Å². The quantitative estimate of drug-likeness (QED) is 0.151. The minimum atomic E-state index is -1.15. The summed E-state index contributed by atoms with van der Waals surface area (Å²) in [5.41, 5.74) is 8.97. The molecule has 3 aliphatic rings. The summed E-state index contributed by atoms with van der Waals surface area (Å²) < 4.78 is 76.7. The number of benzene rings is 9. The summed E-state index contributed by atoms with van der Waals surface area (Å²) in [7, 11) is 0. The Hall–Kier alpha value is -9.00. The first kappa shape index (κ1) is 31.8. The molecule has 2 atom stereocenters. The van der Waals surface area contributed by atoms with E-state index in [-0.39, 0.29) is 70.2 Å². The van der Waals surface area contributed by atoms with Gasteiger partial charge in [0.25, 0.3) is 0 Å². The second kappa shape index (κ2) is 16.5. The molecule has 0 N–H and O–H groups in total. The Labute approximate surface area is 405 Å². The minimum Gasteiger partial charge on any atom is -0.208 e. The van der Waals surface area contributed by atoms with Gasteiger partial charge in [-0.3, -0.25) is 0 Å². The summed E-state index contributed by atoms with van der Waals surface area (Å²) in [6.45, 7) is 0. The van der Waals surface area contributed by atoms with E-state index >= 15 is 0 Å². The third kappa shape index (κ3) is 6.98. The number of hydrogen-bond donors (Lipinski definition) is 0. The first-order valence-electron chi connectivity index (χ1n) is 26.4. The number of hydrogen-bond acceptors (Lipinski definition) is 6. The van der Waals surface area contributed by atoms with Crippen LogP contribution < -0.4 is 0 Å². The molecule has 2 heterocycles. The largest absolute Gasteiger partial charge is 0.208 e. The predicted molar refractivity (Wildman–Crippen MR) is 271 cm³/mol. The van der Waals surface area contributed by atoms with Gasteiger partial charge in [-0.15, -0.1) is 0 Å². The van der Waals surface area contributed by atoms with Crippen molar-refractivity contribution in [1.29, 1.82) is 0 Å². The Balaban J connectivity index is 0.998. The molecular weight excluding hydrogens is 829 g/mol. The zero-order valence-electron chi connectivity index (χ0n) is 44.2. The monoisotopic (exact) mass is 876 g/mol. The van der Waals surface area contributed by atoms with E-state index in [0.717, 1.165) is 22.3 Å². The molecule has 9 aromatic carbocycles. The molecule has 2 unspecified atom stereocenters. The fourth-order valence-corrected chi connectivity index (χ4v) is 9.35. The van der Waals surface area contributed by atoms with Crippen LogP contribution in [-0.2, 0) is 0 Å². The van der Waals surface area contributed by atoms with Crippen LogP contribution in [0.15, 0.2) is 230 Å². The van der Waals surface area contributed by atoms with E-state index in [1.165, 1.54) is 12.1 Å². The van der Waals surface area contributed by atoms with Crippen molar-refractivity contribution in [3.05, 3.63) is 264 Å². The standard InChI is InChI=1S/C62H40N6/c1-5-15-39(16-6-1)41-25-29-45(30-26-41)59-63-57(43-19-9-3-10-20-43)65-61(67-59)47-33-35-51-53(37-47)55-49-23-13-14-24-50(49)56(51)54-38-48(34-36-52(54)55)62-66-58(44-21-11-4-12-22-44)64-60(68-62)46-31-27-42(28-32-46)40-17-7-2-8-18-40/h1-38,55-56H/i13D,14D,23D,24D,35D,36D,37D,38D. The van der Waals surface area contributed by atoms with Crippen LogP contribution in [0, 0.1) is 0 Å². The lowest BCUT2D eigenvalue weighted by Crippen LogP contribution is -2.27. The summed E-state index contributed by atoms with van der Waals surface area (Å²) in [5.74, 6) is -0.638. The van der Waals surface area contributed by atoms with Crippen LogP contribution in [0.5, 0.6) is 0 Å². The molecule has 11 aromatic rings. The molecule has 0 spiro atoms. The van der Waals surface area contributed by atoms with E-state index in [1.807, 2.05) is 170 Å². The van der Waals surface area contributed by atoms with Gasteiger partial charge in [0.05, 0.1) is 11.0 Å². The van der Waals surface area contributed by atoms with E-state index in [0.29, 0.717) is 67.8 Å². The van der Waals surface area contributed by atoms with Crippen molar-refractivity contribution in [1.82, 2.24) is 29.9 Å². The third-order valence-corrected chi connectivity index (χ3v) is 12.7. The average molecular weight is 877 g/mol. The molecule has 318 valence electrons. The van der Waals surface area contributed by atoms with Crippen molar-refractivity contribution in [2.45, 2.75) is 11.8 Å². The van der Waals surface area contributed by atoms with Crippen LogP contribution in [0.25, 0.3) is 90.6 Å². The van der Waals surface area contributed by atoms with Crippen molar-refractivity contribution in [2.24, 2.45) is 0 Å². The highest BCUT2D eigenvalue weighted by Crippen LogP contribution is 2.56. The van der Waals surface area contributed by atoms with Crippen molar-refractivity contribution in [2.75, 3.05) is 0 Å². The van der Waals surface area contributed by atoms with Gasteiger partial charge >= 0.3 is 0 Å². The van der Waals surface area contributed by atoms with E-state index in [9.17, 15) is 8.22 Å². The van der Waals surface area contributed by atoms with Gasteiger partial charge in [0.1, 0.15) is 0 Å². The number of nitrogens with zero attached hydrogens (tertiary/aromatic N) is 6. The number of aromatic nitrogens is 6. The van der Waals surface area contributed by atoms with Gasteiger partial charge < -0.3 is 0 Å². The SMILES string of the molecule is [2H]c1cc(-c2nc(-c3ccccc3)nc(-c3ccc(-c4ccccc4)cc3)n2)c([2H])c2c1C1c3c([2H])c(-c4nc(-c5ccccc5)nc(-c5ccc(-c6ccccc6)cc5)n4)cc([2H])c3C2c2c([2H])c([2H])c([2H])c([2H])c21. The zero-order chi connectivity index (χ0) is 51.9. The molecule has 6 nitrogen and oxygen atoms in total. The van der Waals surface area contributed by atoms with Gasteiger partial charge in [-0.1, -0.05) is 218 Å². The first-order chi connectivity index (χ1) is 37.0. The zero-order valence-corrected chi connectivity index (χ0v) is 36.2. The summed E-state index contributed by atoms with van der Waals surface area (Å²) in [6.07, 6.45) is 0. The Bertz CT molecular complexity index is 3860. The molecule has 0 saturated heterocycles. The molecule has 14 rings (SSSR count). The van der Waals surface area contributed by atoms with Crippen LogP contribution in [0.3, 0.4) is 0 Å². The Kier molecular flexibility index (Phi) is 7.70. The lowest BCUT2D eigenvalue weighted by atomic mass is 9.61. The van der Waals surface area contributed by atoms with Gasteiger partial charge in [-0.05, 0) is 67.7 Å². The maximum absolute atomic E-state index is 10.2. The van der Waals surface area contributed by atoms with Crippen molar-refractivity contribution in [3.8, 4) is 90.6 Å². The molecule has 0 fully saturated rings. The lowest BCUT2D eigenvalue weighted by Gasteiger charge is -2.42. The highest BCUT2D eigenvalue weighted by Gasteiger charge is 2.41. The van der Waals surface area contributed by atoms with Gasteiger partial charge in [0.15, 0.2) is 34.9 Å². The average Bonchev–Trinajstić information content (AvgIpc) is 3.61. The van der Waals surface area contributed by atoms with Crippen molar-refractivity contribution in [3.63, 3.8) is 0 Å². The van der Waals surface area contributed by atoms with Crippen molar-refractivity contribution < 1.29 is 11.0 Å². The number of rotatable bonds is 8. The molecule has 2 bridgehead atoms. The molecule has 0 radical (unpaired) electrons. The minimum absolute atomic E-state index is 0.0424. The smallest absolute Gasteiger partial charge is 0.164 e. The molecular formula is C62H40N6. The first-order valence-corrected chi connectivity index (χ1v) is 22.4. The second-order valence-electron chi connectivity index (χ2n) is 16.7. The fraction of sp³-hybridized carbons (Fsp3) is 0.0323. The molecule has 0 aliphatic heterocycles. The molecule has 0 amide bonds. The lowest BCUT2D eigenvalue weighted by molar-refractivity contribution is 0.754. The predicted octanol–water partition coefficient (Wildman–Crippen LogP) is 14.4. The third-order valence-electron chi connectivity index (χ3n) is 12.7. The normalized spacial score (nSPS) is 15.8. The van der Waals surface area contributed by atoms with Gasteiger partial charge in [0.2, 0.25) is 0 Å². The highest BCUT2D eigenvalue weighted by molar-refractivity contribution is 5.77.